The average Bonchev–Trinajstić information content (AvgIpc) is 2.69. The smallest absolute Gasteiger partial charge is 0.326 e. The molecule has 14 nitrogen and oxygen atoms in total. The van der Waals surface area contributed by atoms with E-state index in [9.17, 15) is 33.9 Å². The molecule has 0 aromatic rings. The minimum Gasteiger partial charge on any atom is -0.481 e. The molecule has 10 N–H and O–H groups in total. The Morgan fingerprint density at radius 1 is 0.875 bits per heavy atom. The van der Waals surface area contributed by atoms with Crippen molar-refractivity contribution in [1.82, 2.24) is 16.0 Å². The van der Waals surface area contributed by atoms with Crippen molar-refractivity contribution in [2.45, 2.75) is 62.9 Å². The van der Waals surface area contributed by atoms with Gasteiger partial charge in [0, 0.05) is 18.6 Å². The summed E-state index contributed by atoms with van der Waals surface area (Å²) in [5, 5.41) is 34.2. The van der Waals surface area contributed by atoms with Crippen molar-refractivity contribution in [3.8, 4) is 0 Å². The number of hydrogen-bond donors (Lipinski definition) is 9. The molecule has 0 aromatic heterocycles. The zero-order chi connectivity index (χ0) is 25.0. The van der Waals surface area contributed by atoms with Crippen LogP contribution in [0.4, 0.5) is 0 Å². The molecule has 32 heavy (non-hydrogen) atoms. The van der Waals surface area contributed by atoms with Crippen LogP contribution in [-0.2, 0) is 28.8 Å². The van der Waals surface area contributed by atoms with Crippen molar-refractivity contribution in [1.29, 1.82) is 0 Å². The number of aliphatic hydroxyl groups is 1. The summed E-state index contributed by atoms with van der Waals surface area (Å²) >= 11 is 3.94. The Hall–Kier alpha value is -2.91. The third-order valence-electron chi connectivity index (χ3n) is 4.18. The van der Waals surface area contributed by atoms with E-state index in [2.05, 4.69) is 28.6 Å². The lowest BCUT2D eigenvalue weighted by atomic mass is 10.1. The first kappa shape index (κ1) is 29.1. The highest BCUT2D eigenvalue weighted by Gasteiger charge is 2.32. The van der Waals surface area contributed by atoms with Gasteiger partial charge in [-0.15, -0.1) is 0 Å². The molecule has 0 rings (SSSR count). The summed E-state index contributed by atoms with van der Waals surface area (Å²) in [6.07, 6.45) is -2.63. The van der Waals surface area contributed by atoms with E-state index >= 15 is 0 Å². The normalized spacial score (nSPS) is 15.4. The average molecular weight is 480 g/mol. The molecule has 0 saturated carbocycles. The summed E-state index contributed by atoms with van der Waals surface area (Å²) in [6.45, 7) is 1.17. The summed E-state index contributed by atoms with van der Waals surface area (Å²) in [7, 11) is 0. The fourth-order valence-corrected chi connectivity index (χ4v) is 2.60. The molecule has 0 aliphatic heterocycles. The molecular weight excluding hydrogens is 450 g/mol. The van der Waals surface area contributed by atoms with Crippen LogP contribution in [0.1, 0.15) is 32.6 Å². The number of nitrogens with one attached hydrogen (secondary N) is 3. The van der Waals surface area contributed by atoms with Crippen molar-refractivity contribution in [2.75, 3.05) is 5.75 Å². The first-order chi connectivity index (χ1) is 14.8. The van der Waals surface area contributed by atoms with Crippen LogP contribution in [0.15, 0.2) is 0 Å². The first-order valence-corrected chi connectivity index (χ1v) is 10.1. The van der Waals surface area contributed by atoms with E-state index in [0.717, 1.165) is 0 Å². The maximum Gasteiger partial charge on any atom is 0.326 e. The van der Waals surface area contributed by atoms with Gasteiger partial charge in [0.1, 0.15) is 18.1 Å². The third kappa shape index (κ3) is 10.9. The Kier molecular flexibility index (Phi) is 12.9. The number of carbonyl (C=O) groups excluding carboxylic acids is 4. The monoisotopic (exact) mass is 479 g/mol. The summed E-state index contributed by atoms with van der Waals surface area (Å²) < 4.78 is 0. The molecule has 0 aliphatic carbocycles. The lowest BCUT2D eigenvalue weighted by molar-refractivity contribution is -0.143. The fraction of sp³-hybridized carbons (Fsp3) is 0.647. The molecule has 4 amide bonds. The Labute approximate surface area is 188 Å². The maximum atomic E-state index is 12.5. The van der Waals surface area contributed by atoms with E-state index in [1.165, 1.54) is 6.92 Å². The first-order valence-electron chi connectivity index (χ1n) is 9.48. The van der Waals surface area contributed by atoms with Gasteiger partial charge in [-0.05, 0) is 19.8 Å². The summed E-state index contributed by atoms with van der Waals surface area (Å²) in [5.74, 6) is -6.41. The number of aliphatic carboxylic acids is 2. The van der Waals surface area contributed by atoms with Gasteiger partial charge in [0.05, 0.1) is 12.1 Å². The van der Waals surface area contributed by atoms with E-state index in [-0.39, 0.29) is 31.4 Å². The predicted molar refractivity (Wildman–Crippen MR) is 112 cm³/mol. The number of thiol groups is 1. The number of primary amides is 1. The zero-order valence-electron chi connectivity index (χ0n) is 17.3. The molecule has 0 radical (unpaired) electrons. The highest BCUT2D eigenvalue weighted by molar-refractivity contribution is 7.80. The molecule has 182 valence electrons. The van der Waals surface area contributed by atoms with Crippen LogP contribution in [0.25, 0.3) is 0 Å². The van der Waals surface area contributed by atoms with Crippen LogP contribution in [0, 0.1) is 0 Å². The number of nitrogens with two attached hydrogens (primary N) is 2. The van der Waals surface area contributed by atoms with Crippen molar-refractivity contribution in [2.24, 2.45) is 11.5 Å². The summed E-state index contributed by atoms with van der Waals surface area (Å²) in [5.41, 5.74) is 10.5. The second-order valence-electron chi connectivity index (χ2n) is 6.91. The minimum absolute atomic E-state index is 0.178. The quantitative estimate of drug-likeness (QED) is 0.104. The van der Waals surface area contributed by atoms with Crippen LogP contribution in [0.3, 0.4) is 0 Å². The van der Waals surface area contributed by atoms with Crippen molar-refractivity contribution >= 4 is 48.2 Å². The SMILES string of the molecule is CC(O)C(NC(=O)C(CS)NC(=O)C(N)CCC(=O)O)C(=O)NC(CCC(N)=O)C(=O)O. The molecule has 5 atom stereocenters. The van der Waals surface area contributed by atoms with Gasteiger partial charge in [0.25, 0.3) is 0 Å². The number of rotatable bonds is 15. The molecule has 0 bridgehead atoms. The number of carboxylic acids is 2. The molecule has 5 unspecified atom stereocenters. The largest absolute Gasteiger partial charge is 0.481 e. The van der Waals surface area contributed by atoms with Crippen molar-refractivity contribution in [3.05, 3.63) is 0 Å². The van der Waals surface area contributed by atoms with Gasteiger partial charge >= 0.3 is 11.9 Å². The van der Waals surface area contributed by atoms with Crippen LogP contribution in [0.2, 0.25) is 0 Å². The van der Waals surface area contributed by atoms with E-state index < -0.39 is 65.8 Å². The maximum absolute atomic E-state index is 12.5. The summed E-state index contributed by atoms with van der Waals surface area (Å²) in [6, 6.07) is -5.60. The molecule has 0 spiro atoms. The van der Waals surface area contributed by atoms with Gasteiger partial charge in [0.15, 0.2) is 0 Å². The molecule has 0 aromatic carbocycles. The second-order valence-corrected chi connectivity index (χ2v) is 7.28. The Morgan fingerprint density at radius 2 is 1.44 bits per heavy atom. The number of carboxylic acid groups (broad SMARTS) is 2. The van der Waals surface area contributed by atoms with E-state index in [4.69, 9.17) is 21.7 Å². The number of carbonyl (C=O) groups is 6. The molecule has 0 aliphatic rings. The van der Waals surface area contributed by atoms with Crippen molar-refractivity contribution < 1.29 is 44.1 Å². The molecule has 0 heterocycles. The minimum atomic E-state index is -1.60. The molecule has 0 fully saturated rings. The Morgan fingerprint density at radius 3 is 1.88 bits per heavy atom. The zero-order valence-corrected chi connectivity index (χ0v) is 18.2. The highest BCUT2D eigenvalue weighted by atomic mass is 32.1. The summed E-state index contributed by atoms with van der Waals surface area (Å²) in [4.78, 5) is 69.7. The molecule has 15 heteroatoms. The van der Waals surface area contributed by atoms with Gasteiger partial charge < -0.3 is 42.7 Å². The molecular formula is C17H29N5O9S. The van der Waals surface area contributed by atoms with Crippen LogP contribution in [0.5, 0.6) is 0 Å². The van der Waals surface area contributed by atoms with Crippen LogP contribution < -0.4 is 27.4 Å². The lowest BCUT2D eigenvalue weighted by Gasteiger charge is -2.26. The Bertz CT molecular complexity index is 719. The second kappa shape index (κ2) is 14.2. The predicted octanol–water partition coefficient (Wildman–Crippen LogP) is -3.71. The van der Waals surface area contributed by atoms with Crippen molar-refractivity contribution in [3.63, 3.8) is 0 Å². The number of hydrogen-bond acceptors (Lipinski definition) is 9. The standard InChI is InChI=1S/C17H29N5O9S/c1-7(23)13(16(29)20-9(17(30)31)3-4-11(19)24)22-15(28)10(6-32)21-14(27)8(18)2-5-12(25)26/h7-10,13,23,32H,2-6,18H2,1H3,(H2,19,24)(H,20,29)(H,21,27)(H,22,28)(H,25,26)(H,30,31). The van der Waals surface area contributed by atoms with Gasteiger partial charge in [0.2, 0.25) is 23.6 Å². The lowest BCUT2D eigenvalue weighted by Crippen LogP contribution is -2.60. The van der Waals surface area contributed by atoms with Gasteiger partial charge in [-0.1, -0.05) is 0 Å². The van der Waals surface area contributed by atoms with E-state index in [1.807, 2.05) is 0 Å². The van der Waals surface area contributed by atoms with Gasteiger partial charge in [-0.25, -0.2) is 4.79 Å². The van der Waals surface area contributed by atoms with Crippen LogP contribution in [-0.4, -0.2) is 86.9 Å². The van der Waals surface area contributed by atoms with Crippen LogP contribution >= 0.6 is 12.6 Å². The van der Waals surface area contributed by atoms with Gasteiger partial charge in [-0.3, -0.25) is 24.0 Å². The third-order valence-corrected chi connectivity index (χ3v) is 4.54. The molecule has 0 saturated heterocycles. The fourth-order valence-electron chi connectivity index (χ4n) is 2.35. The van der Waals surface area contributed by atoms with Gasteiger partial charge in [-0.2, -0.15) is 12.6 Å². The highest BCUT2D eigenvalue weighted by Crippen LogP contribution is 2.03. The Balaban J connectivity index is 5.15. The van der Waals surface area contributed by atoms with E-state index in [1.54, 1.807) is 0 Å². The number of aliphatic hydroxyl groups excluding tert-OH is 1. The topological polar surface area (TPSA) is 251 Å². The number of amides is 4. The van der Waals surface area contributed by atoms with E-state index in [0.29, 0.717) is 0 Å².